The minimum atomic E-state index is 0.770. The monoisotopic (exact) mass is 303 g/mol. The SMILES string of the molecule is CCCNCc1ccnc(N(C)Cc2cccc(Cl)c2)c1. The number of rotatable bonds is 7. The van der Waals surface area contributed by atoms with E-state index in [0.29, 0.717) is 0 Å². The molecular formula is C17H22ClN3. The molecule has 0 saturated heterocycles. The van der Waals surface area contributed by atoms with Crippen molar-refractivity contribution in [2.75, 3.05) is 18.5 Å². The van der Waals surface area contributed by atoms with Gasteiger partial charge in [-0.15, -0.1) is 0 Å². The van der Waals surface area contributed by atoms with Crippen LogP contribution in [0.1, 0.15) is 24.5 Å². The third-order valence-corrected chi connectivity index (χ3v) is 3.50. The van der Waals surface area contributed by atoms with Gasteiger partial charge in [-0.05, 0) is 48.4 Å². The normalized spacial score (nSPS) is 10.6. The molecule has 0 amide bonds. The summed E-state index contributed by atoms with van der Waals surface area (Å²) in [5, 5.41) is 4.18. The second-order valence-corrected chi connectivity index (χ2v) is 5.62. The maximum absolute atomic E-state index is 6.03. The Hall–Kier alpha value is -1.58. The topological polar surface area (TPSA) is 28.2 Å². The predicted octanol–water partition coefficient (Wildman–Crippen LogP) is 3.87. The molecule has 0 fully saturated rings. The number of halogens is 1. The Morgan fingerprint density at radius 2 is 2.05 bits per heavy atom. The van der Waals surface area contributed by atoms with E-state index in [4.69, 9.17) is 11.6 Å². The molecule has 0 saturated carbocycles. The number of hydrogen-bond donors (Lipinski definition) is 1. The Bertz CT molecular complexity index is 571. The van der Waals surface area contributed by atoms with Crippen LogP contribution in [0.25, 0.3) is 0 Å². The van der Waals surface area contributed by atoms with E-state index in [0.717, 1.165) is 36.9 Å². The highest BCUT2D eigenvalue weighted by Crippen LogP contribution is 2.16. The van der Waals surface area contributed by atoms with Crippen LogP contribution >= 0.6 is 11.6 Å². The molecule has 2 aromatic rings. The van der Waals surface area contributed by atoms with Crippen molar-refractivity contribution >= 4 is 17.4 Å². The van der Waals surface area contributed by atoms with Crippen molar-refractivity contribution < 1.29 is 0 Å². The maximum Gasteiger partial charge on any atom is 0.128 e. The molecule has 112 valence electrons. The number of nitrogens with one attached hydrogen (secondary N) is 1. The van der Waals surface area contributed by atoms with E-state index in [1.165, 1.54) is 11.1 Å². The molecule has 0 atom stereocenters. The quantitative estimate of drug-likeness (QED) is 0.787. The Kier molecular flexibility index (Phi) is 6.03. The zero-order valence-electron chi connectivity index (χ0n) is 12.6. The highest BCUT2D eigenvalue weighted by Gasteiger charge is 2.05. The first-order valence-electron chi connectivity index (χ1n) is 7.30. The van der Waals surface area contributed by atoms with Gasteiger partial charge in [-0.2, -0.15) is 0 Å². The summed E-state index contributed by atoms with van der Waals surface area (Å²) in [6.45, 7) is 4.88. The van der Waals surface area contributed by atoms with Gasteiger partial charge in [0.05, 0.1) is 0 Å². The van der Waals surface area contributed by atoms with E-state index in [9.17, 15) is 0 Å². The first-order chi connectivity index (χ1) is 10.2. The molecule has 3 nitrogen and oxygen atoms in total. The van der Waals surface area contributed by atoms with E-state index in [1.54, 1.807) is 0 Å². The van der Waals surface area contributed by atoms with E-state index in [-0.39, 0.29) is 0 Å². The highest BCUT2D eigenvalue weighted by atomic mass is 35.5. The van der Waals surface area contributed by atoms with Crippen molar-refractivity contribution in [2.45, 2.75) is 26.4 Å². The Morgan fingerprint density at radius 3 is 2.81 bits per heavy atom. The van der Waals surface area contributed by atoms with Crippen LogP contribution in [0.5, 0.6) is 0 Å². The summed E-state index contributed by atoms with van der Waals surface area (Å²) < 4.78 is 0. The van der Waals surface area contributed by atoms with E-state index in [1.807, 2.05) is 31.4 Å². The lowest BCUT2D eigenvalue weighted by Crippen LogP contribution is -2.19. The highest BCUT2D eigenvalue weighted by molar-refractivity contribution is 6.30. The van der Waals surface area contributed by atoms with Gasteiger partial charge in [-0.3, -0.25) is 0 Å². The first kappa shape index (κ1) is 15.8. The molecular weight excluding hydrogens is 282 g/mol. The molecule has 0 aliphatic heterocycles. The third-order valence-electron chi connectivity index (χ3n) is 3.27. The molecule has 1 aromatic carbocycles. The van der Waals surface area contributed by atoms with Crippen molar-refractivity contribution in [1.82, 2.24) is 10.3 Å². The van der Waals surface area contributed by atoms with Crippen LogP contribution in [0.15, 0.2) is 42.6 Å². The zero-order valence-corrected chi connectivity index (χ0v) is 13.4. The second-order valence-electron chi connectivity index (χ2n) is 5.19. The van der Waals surface area contributed by atoms with Gasteiger partial charge in [0.15, 0.2) is 0 Å². The summed E-state index contributed by atoms with van der Waals surface area (Å²) in [5.74, 6) is 0.978. The van der Waals surface area contributed by atoms with E-state index in [2.05, 4.69) is 40.3 Å². The summed E-state index contributed by atoms with van der Waals surface area (Å²) in [4.78, 5) is 6.59. The first-order valence-corrected chi connectivity index (χ1v) is 7.68. The van der Waals surface area contributed by atoms with Crippen molar-refractivity contribution in [3.63, 3.8) is 0 Å². The number of pyridine rings is 1. The number of benzene rings is 1. The van der Waals surface area contributed by atoms with Gasteiger partial charge in [0.25, 0.3) is 0 Å². The third kappa shape index (κ3) is 5.03. The van der Waals surface area contributed by atoms with Gasteiger partial charge in [-0.1, -0.05) is 30.7 Å². The minimum absolute atomic E-state index is 0.770. The fraction of sp³-hybridized carbons (Fsp3) is 0.353. The molecule has 0 bridgehead atoms. The fourth-order valence-electron chi connectivity index (χ4n) is 2.18. The van der Waals surface area contributed by atoms with Crippen LogP contribution in [-0.4, -0.2) is 18.6 Å². The van der Waals surface area contributed by atoms with Crippen molar-refractivity contribution in [2.24, 2.45) is 0 Å². The molecule has 1 N–H and O–H groups in total. The van der Waals surface area contributed by atoms with Gasteiger partial charge in [-0.25, -0.2) is 4.98 Å². The van der Waals surface area contributed by atoms with Gasteiger partial charge < -0.3 is 10.2 Å². The molecule has 1 aromatic heterocycles. The predicted molar refractivity (Wildman–Crippen MR) is 89.8 cm³/mol. The average molecular weight is 304 g/mol. The molecule has 0 aliphatic rings. The summed E-state index contributed by atoms with van der Waals surface area (Å²) in [7, 11) is 2.05. The summed E-state index contributed by atoms with van der Waals surface area (Å²) >= 11 is 6.03. The summed E-state index contributed by atoms with van der Waals surface area (Å²) in [6.07, 6.45) is 3.01. The van der Waals surface area contributed by atoms with Crippen LogP contribution in [0.4, 0.5) is 5.82 Å². The summed E-state index contributed by atoms with van der Waals surface area (Å²) in [5.41, 5.74) is 2.44. The second kappa shape index (κ2) is 8.01. The molecule has 0 unspecified atom stereocenters. The van der Waals surface area contributed by atoms with E-state index < -0.39 is 0 Å². The molecule has 0 aliphatic carbocycles. The van der Waals surface area contributed by atoms with Gasteiger partial charge >= 0.3 is 0 Å². The standard InChI is InChI=1S/C17H22ClN3/c1-3-8-19-12-14-7-9-20-17(11-14)21(2)13-15-5-4-6-16(18)10-15/h4-7,9-11,19H,3,8,12-13H2,1-2H3. The maximum atomic E-state index is 6.03. The Morgan fingerprint density at radius 1 is 1.19 bits per heavy atom. The molecule has 0 spiro atoms. The van der Waals surface area contributed by atoms with Gasteiger partial charge in [0.1, 0.15) is 5.82 Å². The largest absolute Gasteiger partial charge is 0.355 e. The molecule has 4 heteroatoms. The van der Waals surface area contributed by atoms with Crippen molar-refractivity contribution in [3.8, 4) is 0 Å². The van der Waals surface area contributed by atoms with Gasteiger partial charge in [0.2, 0.25) is 0 Å². The number of hydrogen-bond acceptors (Lipinski definition) is 3. The van der Waals surface area contributed by atoms with Crippen LogP contribution < -0.4 is 10.2 Å². The molecule has 0 radical (unpaired) electrons. The van der Waals surface area contributed by atoms with Crippen LogP contribution in [-0.2, 0) is 13.1 Å². The lowest BCUT2D eigenvalue weighted by Gasteiger charge is -2.19. The molecule has 1 heterocycles. The van der Waals surface area contributed by atoms with Crippen molar-refractivity contribution in [3.05, 3.63) is 58.7 Å². The fourth-order valence-corrected chi connectivity index (χ4v) is 2.39. The zero-order chi connectivity index (χ0) is 15.1. The smallest absolute Gasteiger partial charge is 0.128 e. The van der Waals surface area contributed by atoms with Crippen LogP contribution in [0.2, 0.25) is 5.02 Å². The van der Waals surface area contributed by atoms with Crippen molar-refractivity contribution in [1.29, 1.82) is 0 Å². The number of aromatic nitrogens is 1. The van der Waals surface area contributed by atoms with E-state index >= 15 is 0 Å². The lowest BCUT2D eigenvalue weighted by atomic mass is 10.2. The summed E-state index contributed by atoms with van der Waals surface area (Å²) in [6, 6.07) is 12.1. The average Bonchev–Trinajstić information content (AvgIpc) is 2.48. The number of nitrogens with zero attached hydrogens (tertiary/aromatic N) is 2. The Balaban J connectivity index is 2.01. The lowest BCUT2D eigenvalue weighted by molar-refractivity contribution is 0.674. The number of anilines is 1. The van der Waals surface area contributed by atoms with Gasteiger partial charge in [0, 0.05) is 31.4 Å². The molecule has 21 heavy (non-hydrogen) atoms. The van der Waals surface area contributed by atoms with Crippen LogP contribution in [0, 0.1) is 0 Å². The van der Waals surface area contributed by atoms with Crippen LogP contribution in [0.3, 0.4) is 0 Å². The molecule has 2 rings (SSSR count). The minimum Gasteiger partial charge on any atom is -0.355 e. The Labute approximate surface area is 132 Å².